The molecular formula is C12H17ClN6O2S. The molecule has 0 spiro atoms. The van der Waals surface area contributed by atoms with Gasteiger partial charge in [-0.05, 0) is 29.0 Å². The molecule has 0 fully saturated rings. The van der Waals surface area contributed by atoms with Crippen LogP contribution in [0.1, 0.15) is 19.8 Å². The zero-order chi connectivity index (χ0) is 16.3. The van der Waals surface area contributed by atoms with Gasteiger partial charge in [0.25, 0.3) is 0 Å². The number of primary sulfonamides is 1. The molecule has 0 aliphatic carbocycles. The number of nitrogens with two attached hydrogens (primary N) is 1. The standard InChI is InChI=1S/C12H17ClN6O2S/c1-3-4-5-15-10-7-9(13)11(22(14,20)21)6-8(10)12-16-17-18-19(12)2/h6-7,15H,3-5H2,1-2H3,(H2,14,20,21). The molecule has 2 aromatic rings. The fourth-order valence-electron chi connectivity index (χ4n) is 1.96. The summed E-state index contributed by atoms with van der Waals surface area (Å²) in [5, 5.41) is 19.7. The van der Waals surface area contributed by atoms with E-state index in [0.29, 0.717) is 17.1 Å². The van der Waals surface area contributed by atoms with E-state index in [1.54, 1.807) is 7.05 Å². The van der Waals surface area contributed by atoms with Gasteiger partial charge >= 0.3 is 0 Å². The van der Waals surface area contributed by atoms with Gasteiger partial charge in [0.2, 0.25) is 10.0 Å². The molecule has 2 rings (SSSR count). The van der Waals surface area contributed by atoms with Crippen LogP contribution in [0.3, 0.4) is 0 Å². The van der Waals surface area contributed by atoms with Crippen molar-refractivity contribution in [3.05, 3.63) is 17.2 Å². The average molecular weight is 345 g/mol. The number of unbranched alkanes of at least 4 members (excludes halogenated alkanes) is 1. The maximum Gasteiger partial charge on any atom is 0.239 e. The minimum Gasteiger partial charge on any atom is -0.384 e. The van der Waals surface area contributed by atoms with Gasteiger partial charge in [0, 0.05) is 24.8 Å². The minimum absolute atomic E-state index is 0.0559. The molecule has 0 unspecified atom stereocenters. The van der Waals surface area contributed by atoms with Crippen LogP contribution in [0.2, 0.25) is 5.02 Å². The van der Waals surface area contributed by atoms with Crippen molar-refractivity contribution in [2.24, 2.45) is 12.2 Å². The molecule has 0 aliphatic heterocycles. The van der Waals surface area contributed by atoms with E-state index in [1.165, 1.54) is 16.8 Å². The van der Waals surface area contributed by atoms with Crippen molar-refractivity contribution in [1.29, 1.82) is 0 Å². The first-order chi connectivity index (χ1) is 10.3. The Morgan fingerprint density at radius 3 is 2.68 bits per heavy atom. The van der Waals surface area contributed by atoms with Crippen molar-refractivity contribution >= 4 is 27.3 Å². The highest BCUT2D eigenvalue weighted by Crippen LogP contribution is 2.33. The SMILES string of the molecule is CCCCNc1cc(Cl)c(S(N)(=O)=O)cc1-c1nnnn1C. The van der Waals surface area contributed by atoms with E-state index in [0.717, 1.165) is 19.4 Å². The lowest BCUT2D eigenvalue weighted by Crippen LogP contribution is -2.14. The Bertz CT molecular complexity index is 774. The van der Waals surface area contributed by atoms with Gasteiger partial charge in [-0.15, -0.1) is 5.10 Å². The fourth-order valence-corrected chi connectivity index (χ4v) is 3.06. The van der Waals surface area contributed by atoms with Crippen LogP contribution in [0.4, 0.5) is 5.69 Å². The first kappa shape index (κ1) is 16.7. The van der Waals surface area contributed by atoms with Gasteiger partial charge in [0.15, 0.2) is 5.82 Å². The van der Waals surface area contributed by atoms with Crippen molar-refractivity contribution in [1.82, 2.24) is 20.2 Å². The summed E-state index contributed by atoms with van der Waals surface area (Å²) in [6.45, 7) is 2.80. The van der Waals surface area contributed by atoms with Gasteiger partial charge in [-0.2, -0.15) is 0 Å². The zero-order valence-electron chi connectivity index (χ0n) is 12.2. The second kappa shape index (κ2) is 6.59. The Morgan fingerprint density at radius 1 is 1.41 bits per heavy atom. The molecule has 120 valence electrons. The van der Waals surface area contributed by atoms with E-state index in [2.05, 4.69) is 27.8 Å². The first-order valence-corrected chi connectivity index (χ1v) is 8.60. The number of anilines is 1. The van der Waals surface area contributed by atoms with E-state index in [9.17, 15) is 8.42 Å². The summed E-state index contributed by atoms with van der Waals surface area (Å²) in [5.74, 6) is 0.417. The Labute approximate surface area is 133 Å². The monoisotopic (exact) mass is 344 g/mol. The number of nitrogens with zero attached hydrogens (tertiary/aromatic N) is 4. The van der Waals surface area contributed by atoms with Crippen molar-refractivity contribution in [2.75, 3.05) is 11.9 Å². The van der Waals surface area contributed by atoms with Crippen LogP contribution < -0.4 is 10.5 Å². The highest BCUT2D eigenvalue weighted by atomic mass is 35.5. The van der Waals surface area contributed by atoms with Crippen LogP contribution in [0, 0.1) is 0 Å². The number of nitrogens with one attached hydrogen (secondary N) is 1. The summed E-state index contributed by atoms with van der Waals surface area (Å²) in [6, 6.07) is 2.92. The van der Waals surface area contributed by atoms with Crippen molar-refractivity contribution in [3.8, 4) is 11.4 Å². The van der Waals surface area contributed by atoms with Crippen LogP contribution >= 0.6 is 11.6 Å². The molecule has 0 bridgehead atoms. The lowest BCUT2D eigenvalue weighted by atomic mass is 10.1. The summed E-state index contributed by atoms with van der Waals surface area (Å²) in [5.41, 5.74) is 1.18. The average Bonchev–Trinajstić information content (AvgIpc) is 2.84. The number of tetrazole rings is 1. The molecule has 0 amide bonds. The molecule has 0 radical (unpaired) electrons. The molecule has 0 aliphatic rings. The highest BCUT2D eigenvalue weighted by Gasteiger charge is 2.20. The molecule has 0 saturated carbocycles. The zero-order valence-corrected chi connectivity index (χ0v) is 13.8. The third-order valence-corrected chi connectivity index (χ3v) is 4.46. The van der Waals surface area contributed by atoms with Gasteiger partial charge in [-0.1, -0.05) is 24.9 Å². The number of rotatable bonds is 6. The van der Waals surface area contributed by atoms with Gasteiger partial charge in [-0.3, -0.25) is 0 Å². The summed E-state index contributed by atoms with van der Waals surface area (Å²) < 4.78 is 24.7. The molecule has 0 atom stereocenters. The minimum atomic E-state index is -3.94. The van der Waals surface area contributed by atoms with Crippen molar-refractivity contribution in [2.45, 2.75) is 24.7 Å². The molecule has 1 aromatic heterocycles. The predicted octanol–water partition coefficient (Wildman–Crippen LogP) is 1.39. The van der Waals surface area contributed by atoms with E-state index in [1.807, 2.05) is 0 Å². The Balaban J connectivity index is 2.58. The molecule has 8 nitrogen and oxygen atoms in total. The second-order valence-corrected chi connectivity index (χ2v) is 6.72. The first-order valence-electron chi connectivity index (χ1n) is 6.67. The molecule has 0 saturated heterocycles. The smallest absolute Gasteiger partial charge is 0.239 e. The van der Waals surface area contributed by atoms with E-state index < -0.39 is 10.0 Å². The lowest BCUT2D eigenvalue weighted by Gasteiger charge is -2.13. The molecule has 22 heavy (non-hydrogen) atoms. The maximum atomic E-state index is 11.6. The third-order valence-electron chi connectivity index (χ3n) is 3.09. The number of benzene rings is 1. The van der Waals surface area contributed by atoms with Crippen LogP contribution in [-0.4, -0.2) is 35.2 Å². The van der Waals surface area contributed by atoms with Crippen LogP contribution in [0.25, 0.3) is 11.4 Å². The lowest BCUT2D eigenvalue weighted by molar-refractivity contribution is 0.598. The van der Waals surface area contributed by atoms with Gasteiger partial charge in [-0.25, -0.2) is 18.2 Å². The quantitative estimate of drug-likeness (QED) is 0.765. The summed E-state index contributed by atoms with van der Waals surface area (Å²) in [4.78, 5) is -0.159. The molecule has 3 N–H and O–H groups in total. The highest BCUT2D eigenvalue weighted by molar-refractivity contribution is 7.89. The predicted molar refractivity (Wildman–Crippen MR) is 84.0 cm³/mol. The number of aromatic nitrogens is 4. The summed E-state index contributed by atoms with van der Waals surface area (Å²) in [6.07, 6.45) is 1.99. The Kier molecular flexibility index (Phi) is 4.99. The fraction of sp³-hybridized carbons (Fsp3) is 0.417. The van der Waals surface area contributed by atoms with E-state index in [4.69, 9.17) is 16.7 Å². The van der Waals surface area contributed by atoms with Crippen LogP contribution in [0.5, 0.6) is 0 Å². The van der Waals surface area contributed by atoms with Crippen LogP contribution in [0.15, 0.2) is 17.0 Å². The molecule has 1 aromatic carbocycles. The topological polar surface area (TPSA) is 116 Å². The van der Waals surface area contributed by atoms with Gasteiger partial charge in [0.05, 0.1) is 5.02 Å². The van der Waals surface area contributed by atoms with Crippen LogP contribution in [-0.2, 0) is 17.1 Å². The largest absolute Gasteiger partial charge is 0.384 e. The molecule has 1 heterocycles. The number of aryl methyl sites for hydroxylation is 1. The summed E-state index contributed by atoms with van der Waals surface area (Å²) in [7, 11) is -2.28. The molecular weight excluding hydrogens is 328 g/mol. The maximum absolute atomic E-state index is 11.6. The number of hydrogen-bond donors (Lipinski definition) is 2. The number of halogens is 1. The van der Waals surface area contributed by atoms with E-state index in [-0.39, 0.29) is 9.92 Å². The van der Waals surface area contributed by atoms with Crippen molar-refractivity contribution < 1.29 is 8.42 Å². The van der Waals surface area contributed by atoms with Gasteiger partial charge in [0.1, 0.15) is 4.90 Å². The summed E-state index contributed by atoms with van der Waals surface area (Å²) >= 11 is 6.04. The van der Waals surface area contributed by atoms with Crippen molar-refractivity contribution in [3.63, 3.8) is 0 Å². The second-order valence-electron chi connectivity index (χ2n) is 4.78. The number of hydrogen-bond acceptors (Lipinski definition) is 6. The molecule has 10 heteroatoms. The van der Waals surface area contributed by atoms with Gasteiger partial charge < -0.3 is 5.32 Å². The Hall–Kier alpha value is -1.71. The van der Waals surface area contributed by atoms with E-state index >= 15 is 0 Å². The third kappa shape index (κ3) is 3.54. The normalized spacial score (nSPS) is 11.6. The number of sulfonamides is 1. The Morgan fingerprint density at radius 2 is 2.14 bits per heavy atom.